The summed E-state index contributed by atoms with van der Waals surface area (Å²) in [6, 6.07) is 5.34. The zero-order valence-corrected chi connectivity index (χ0v) is 11.0. The Morgan fingerprint density at radius 2 is 1.67 bits per heavy atom. The number of hydrogen-bond donors (Lipinski definition) is 1. The standard InChI is InChI=1S/C11H8F3N3O3S/c12-11(13,21(18,19)17-14)8-2-4-9(5-3-8)20-10-15-6-1-7-16-10/h1-7,17H. The summed E-state index contributed by atoms with van der Waals surface area (Å²) in [5.41, 5.74) is -0.908. The molecule has 0 aliphatic rings. The molecule has 6 nitrogen and oxygen atoms in total. The van der Waals surface area contributed by atoms with Crippen molar-refractivity contribution in [1.82, 2.24) is 14.9 Å². The van der Waals surface area contributed by atoms with E-state index >= 15 is 0 Å². The van der Waals surface area contributed by atoms with Gasteiger partial charge in [0.2, 0.25) is 0 Å². The van der Waals surface area contributed by atoms with E-state index in [2.05, 4.69) is 9.97 Å². The molecule has 0 amide bonds. The maximum atomic E-state index is 13.5. The van der Waals surface area contributed by atoms with Crippen LogP contribution in [0.1, 0.15) is 5.56 Å². The first kappa shape index (κ1) is 15.2. The third-order valence-corrected chi connectivity index (χ3v) is 3.49. The number of benzene rings is 1. The Morgan fingerprint density at radius 1 is 1.10 bits per heavy atom. The lowest BCUT2D eigenvalue weighted by molar-refractivity contribution is 0.0854. The fraction of sp³-hybridized carbons (Fsp3) is 0.0909. The molecule has 2 rings (SSSR count). The monoisotopic (exact) mass is 319 g/mol. The van der Waals surface area contributed by atoms with Gasteiger partial charge in [0.05, 0.1) is 0 Å². The topological polar surface area (TPSA) is 81.2 Å². The number of ether oxygens (including phenoxy) is 1. The van der Waals surface area contributed by atoms with Gasteiger partial charge in [0.1, 0.15) is 5.75 Å². The van der Waals surface area contributed by atoms with Crippen molar-refractivity contribution in [3.05, 3.63) is 48.3 Å². The molecule has 0 bridgehead atoms. The molecule has 21 heavy (non-hydrogen) atoms. The van der Waals surface area contributed by atoms with Crippen molar-refractivity contribution in [3.8, 4) is 11.8 Å². The van der Waals surface area contributed by atoms with Gasteiger partial charge in [0, 0.05) is 18.0 Å². The van der Waals surface area contributed by atoms with Crippen LogP contribution in [-0.2, 0) is 15.3 Å². The highest BCUT2D eigenvalue weighted by Crippen LogP contribution is 2.34. The van der Waals surface area contributed by atoms with Gasteiger partial charge in [-0.1, -0.05) is 0 Å². The van der Waals surface area contributed by atoms with Crippen LogP contribution in [0.2, 0.25) is 0 Å². The normalized spacial score (nSPS) is 12.1. The molecule has 0 atom stereocenters. The lowest BCUT2D eigenvalue weighted by Gasteiger charge is -2.15. The third kappa shape index (κ3) is 3.11. The molecule has 0 radical (unpaired) electrons. The number of rotatable bonds is 5. The first-order valence-corrected chi connectivity index (χ1v) is 6.90. The Labute approximate surface area is 117 Å². The van der Waals surface area contributed by atoms with Gasteiger partial charge in [0.25, 0.3) is 0 Å². The van der Waals surface area contributed by atoms with Crippen LogP contribution in [0.3, 0.4) is 0 Å². The quantitative estimate of drug-likeness (QED) is 0.854. The second-order valence-electron chi connectivity index (χ2n) is 3.76. The van der Waals surface area contributed by atoms with Crippen molar-refractivity contribution >= 4 is 10.0 Å². The fourth-order valence-corrected chi connectivity index (χ4v) is 1.91. The minimum Gasteiger partial charge on any atom is -0.424 e. The fourth-order valence-electron chi connectivity index (χ4n) is 1.36. The molecule has 10 heteroatoms. The molecule has 1 N–H and O–H groups in total. The molecule has 112 valence electrons. The minimum atomic E-state index is -5.44. The number of nitrogens with zero attached hydrogens (tertiary/aromatic N) is 2. The van der Waals surface area contributed by atoms with E-state index in [0.717, 1.165) is 24.3 Å². The summed E-state index contributed by atoms with van der Waals surface area (Å²) in [5.74, 6) is 0.117. The molecule has 2 aromatic rings. The van der Waals surface area contributed by atoms with E-state index in [9.17, 15) is 21.7 Å². The van der Waals surface area contributed by atoms with Gasteiger partial charge < -0.3 is 4.74 Å². The van der Waals surface area contributed by atoms with Gasteiger partial charge in [-0.3, -0.25) is 0 Å². The minimum absolute atomic E-state index is 0.00458. The Balaban J connectivity index is 2.23. The van der Waals surface area contributed by atoms with E-state index < -0.39 is 20.8 Å². The van der Waals surface area contributed by atoms with Crippen LogP contribution in [0.5, 0.6) is 11.8 Å². The van der Waals surface area contributed by atoms with Crippen molar-refractivity contribution < 1.29 is 26.4 Å². The van der Waals surface area contributed by atoms with Gasteiger partial charge in [-0.25, -0.2) is 18.4 Å². The average Bonchev–Trinajstić information content (AvgIpc) is 2.48. The molecule has 0 spiro atoms. The summed E-state index contributed by atoms with van der Waals surface area (Å²) < 4.78 is 66.0. The van der Waals surface area contributed by atoms with Gasteiger partial charge in [-0.2, -0.15) is 8.78 Å². The Kier molecular flexibility index (Phi) is 4.09. The molecule has 1 aromatic heterocycles. The van der Waals surface area contributed by atoms with Crippen molar-refractivity contribution in [2.75, 3.05) is 0 Å². The van der Waals surface area contributed by atoms with Crippen molar-refractivity contribution in [1.29, 1.82) is 0 Å². The average molecular weight is 319 g/mol. The largest absolute Gasteiger partial charge is 0.424 e. The summed E-state index contributed by atoms with van der Waals surface area (Å²) >= 11 is 0. The van der Waals surface area contributed by atoms with Crippen molar-refractivity contribution in [3.63, 3.8) is 0 Å². The van der Waals surface area contributed by atoms with Crippen LogP contribution in [0, 0.1) is 0 Å². The second-order valence-corrected chi connectivity index (χ2v) is 5.43. The lowest BCUT2D eigenvalue weighted by atomic mass is 10.2. The van der Waals surface area contributed by atoms with Gasteiger partial charge >= 0.3 is 21.3 Å². The SMILES string of the molecule is O=S(=O)(NF)C(F)(F)c1ccc(Oc2ncccn2)cc1. The molecular weight excluding hydrogens is 311 g/mol. The first-order valence-electron chi connectivity index (χ1n) is 5.42. The highest BCUT2D eigenvalue weighted by atomic mass is 32.2. The Hall–Kier alpha value is -2.20. The predicted molar refractivity (Wildman–Crippen MR) is 65.6 cm³/mol. The molecule has 0 unspecified atom stereocenters. The summed E-state index contributed by atoms with van der Waals surface area (Å²) in [5, 5.41) is -4.41. The number of sulfonamides is 1. The molecule has 0 aliphatic heterocycles. The van der Waals surface area contributed by atoms with E-state index in [1.807, 2.05) is 0 Å². The number of alkyl halides is 2. The Morgan fingerprint density at radius 3 is 2.19 bits per heavy atom. The summed E-state index contributed by atoms with van der Waals surface area (Å²) in [6.07, 6.45) is 2.84. The number of aromatic nitrogens is 2. The molecule has 1 heterocycles. The summed E-state index contributed by atoms with van der Waals surface area (Å²) in [7, 11) is -5.44. The van der Waals surface area contributed by atoms with Crippen LogP contribution >= 0.6 is 0 Å². The van der Waals surface area contributed by atoms with E-state index in [-0.39, 0.29) is 16.7 Å². The van der Waals surface area contributed by atoms with Crippen LogP contribution in [0.25, 0.3) is 0 Å². The van der Waals surface area contributed by atoms with Crippen LogP contribution < -0.4 is 9.68 Å². The van der Waals surface area contributed by atoms with Crippen LogP contribution in [-0.4, -0.2) is 18.4 Å². The molecule has 0 aliphatic carbocycles. The van der Waals surface area contributed by atoms with E-state index in [1.165, 1.54) is 12.4 Å². The zero-order chi connectivity index (χ0) is 15.5. The van der Waals surface area contributed by atoms with Gasteiger partial charge in [-0.15, -0.1) is 4.48 Å². The van der Waals surface area contributed by atoms with E-state index in [1.54, 1.807) is 6.07 Å². The van der Waals surface area contributed by atoms with Crippen LogP contribution in [0.4, 0.5) is 13.3 Å². The number of halogens is 3. The molecular formula is C11H8F3N3O3S. The molecule has 0 saturated heterocycles. The maximum absolute atomic E-state index is 13.5. The molecule has 0 fully saturated rings. The lowest BCUT2D eigenvalue weighted by Crippen LogP contribution is -2.33. The van der Waals surface area contributed by atoms with E-state index in [4.69, 9.17) is 4.74 Å². The number of hydrogen-bond acceptors (Lipinski definition) is 5. The molecule has 1 aromatic carbocycles. The smallest absolute Gasteiger partial charge is 0.386 e. The predicted octanol–water partition coefficient (Wildman–Crippen LogP) is 2.12. The highest BCUT2D eigenvalue weighted by molar-refractivity contribution is 7.89. The third-order valence-electron chi connectivity index (χ3n) is 2.38. The van der Waals surface area contributed by atoms with Crippen molar-refractivity contribution in [2.24, 2.45) is 0 Å². The van der Waals surface area contributed by atoms with Gasteiger partial charge in [0.15, 0.2) is 0 Å². The van der Waals surface area contributed by atoms with Crippen molar-refractivity contribution in [2.45, 2.75) is 5.25 Å². The molecule has 0 saturated carbocycles. The summed E-state index contributed by atoms with van der Waals surface area (Å²) in [6.45, 7) is 0. The van der Waals surface area contributed by atoms with E-state index in [0.29, 0.717) is 0 Å². The highest BCUT2D eigenvalue weighted by Gasteiger charge is 2.47. The zero-order valence-electron chi connectivity index (χ0n) is 10.2. The van der Waals surface area contributed by atoms with Gasteiger partial charge in [-0.05, 0) is 35.3 Å². The van der Waals surface area contributed by atoms with Crippen LogP contribution in [0.15, 0.2) is 42.7 Å². The first-order chi connectivity index (χ1) is 9.87. The summed E-state index contributed by atoms with van der Waals surface area (Å²) in [4.78, 5) is 7.63. The maximum Gasteiger partial charge on any atom is 0.386 e. The second kappa shape index (κ2) is 5.66. The Bertz CT molecular complexity index is 708. The number of nitrogens with one attached hydrogen (secondary N) is 1.